The Hall–Kier alpha value is -0.230. The van der Waals surface area contributed by atoms with Crippen LogP contribution in [0.15, 0.2) is 28.7 Å². The summed E-state index contributed by atoms with van der Waals surface area (Å²) in [4.78, 5) is 0. The smallest absolute Gasteiger partial charge is 0.0975 e. The predicted molar refractivity (Wildman–Crippen MR) is 84.2 cm³/mol. The van der Waals surface area contributed by atoms with Gasteiger partial charge in [-0.1, -0.05) is 28.1 Å². The van der Waals surface area contributed by atoms with Gasteiger partial charge in [-0.3, -0.25) is 0 Å². The molecule has 1 aromatic carbocycles. The highest BCUT2D eigenvalue weighted by Crippen LogP contribution is 2.23. The van der Waals surface area contributed by atoms with E-state index in [1.165, 1.54) is 0 Å². The molecule has 1 rings (SSSR count). The van der Waals surface area contributed by atoms with Gasteiger partial charge in [0.1, 0.15) is 0 Å². The van der Waals surface area contributed by atoms with Crippen molar-refractivity contribution in [3.8, 4) is 0 Å². The molecule has 0 unspecified atom stereocenters. The van der Waals surface area contributed by atoms with Crippen LogP contribution in [0.1, 0.15) is 45.2 Å². The van der Waals surface area contributed by atoms with Crippen molar-refractivity contribution in [2.75, 3.05) is 6.61 Å². The Morgan fingerprint density at radius 1 is 1.32 bits per heavy atom. The molecule has 0 heterocycles. The Balaban J connectivity index is 2.83. The summed E-state index contributed by atoms with van der Waals surface area (Å²) in [5.74, 6) is 0. The van der Waals surface area contributed by atoms with Gasteiger partial charge >= 0.3 is 0 Å². The molecule has 0 aliphatic carbocycles. The van der Waals surface area contributed by atoms with Crippen LogP contribution in [0.3, 0.4) is 0 Å². The van der Waals surface area contributed by atoms with E-state index in [0.717, 1.165) is 16.5 Å². The molecule has 0 saturated heterocycles. The molecule has 108 valence electrons. The summed E-state index contributed by atoms with van der Waals surface area (Å²) in [7, 11) is -1.12. The van der Waals surface area contributed by atoms with E-state index in [0.29, 0.717) is 6.42 Å². The standard InChI is InChI=1S/C14H22BrNO2S/c1-14(2,3)19(18)16-13(5-4-10-17)11-6-8-12(15)9-7-11/h6-9,13,16-17H,4-5,10H2,1-3H3/t13-,19+/m0/s1. The zero-order valence-corrected chi connectivity index (χ0v) is 14.1. The second kappa shape index (κ2) is 7.53. The van der Waals surface area contributed by atoms with E-state index < -0.39 is 11.0 Å². The fraction of sp³-hybridized carbons (Fsp3) is 0.571. The highest BCUT2D eigenvalue weighted by atomic mass is 79.9. The number of rotatable bonds is 6. The van der Waals surface area contributed by atoms with Gasteiger partial charge in [0.15, 0.2) is 0 Å². The Labute approximate surface area is 126 Å². The van der Waals surface area contributed by atoms with E-state index in [1.54, 1.807) is 0 Å². The molecule has 0 aliphatic rings. The molecule has 0 radical (unpaired) electrons. The molecule has 2 atom stereocenters. The van der Waals surface area contributed by atoms with Gasteiger partial charge in [-0.15, -0.1) is 0 Å². The van der Waals surface area contributed by atoms with Crippen molar-refractivity contribution < 1.29 is 9.32 Å². The van der Waals surface area contributed by atoms with E-state index in [9.17, 15) is 4.21 Å². The normalized spacial score (nSPS) is 15.2. The van der Waals surface area contributed by atoms with Gasteiger partial charge < -0.3 is 5.11 Å². The van der Waals surface area contributed by atoms with Crippen LogP contribution in [0.4, 0.5) is 0 Å². The summed E-state index contributed by atoms with van der Waals surface area (Å²) in [5.41, 5.74) is 1.09. The molecule has 0 aromatic heterocycles. The summed E-state index contributed by atoms with van der Waals surface area (Å²) < 4.78 is 16.1. The van der Waals surface area contributed by atoms with Crippen molar-refractivity contribution in [2.45, 2.75) is 44.4 Å². The fourth-order valence-electron chi connectivity index (χ4n) is 1.59. The van der Waals surface area contributed by atoms with Crippen molar-refractivity contribution in [1.82, 2.24) is 4.72 Å². The number of halogens is 1. The number of aliphatic hydroxyl groups is 1. The molecular formula is C14H22BrNO2S. The minimum Gasteiger partial charge on any atom is -0.396 e. The van der Waals surface area contributed by atoms with E-state index in [4.69, 9.17) is 5.11 Å². The number of hydrogen-bond donors (Lipinski definition) is 2. The summed E-state index contributed by atoms with van der Waals surface area (Å²) >= 11 is 3.41. The highest BCUT2D eigenvalue weighted by molar-refractivity contribution is 9.10. The van der Waals surface area contributed by atoms with Crippen molar-refractivity contribution in [1.29, 1.82) is 0 Å². The molecular weight excluding hydrogens is 326 g/mol. The molecule has 0 aliphatic heterocycles. The zero-order valence-electron chi connectivity index (χ0n) is 11.6. The molecule has 1 aromatic rings. The summed E-state index contributed by atoms with van der Waals surface area (Å²) in [6, 6.07) is 7.98. The number of aliphatic hydroxyl groups excluding tert-OH is 1. The first-order valence-electron chi connectivity index (χ1n) is 6.39. The van der Waals surface area contributed by atoms with E-state index in [2.05, 4.69) is 20.7 Å². The van der Waals surface area contributed by atoms with Gasteiger partial charge in [-0.25, -0.2) is 8.93 Å². The van der Waals surface area contributed by atoms with E-state index >= 15 is 0 Å². The minimum absolute atomic E-state index is 0.000285. The van der Waals surface area contributed by atoms with Crippen LogP contribution in [0.5, 0.6) is 0 Å². The van der Waals surface area contributed by atoms with Crippen molar-refractivity contribution >= 4 is 26.9 Å². The molecule has 0 bridgehead atoms. The van der Waals surface area contributed by atoms with E-state index in [-0.39, 0.29) is 17.4 Å². The lowest BCUT2D eigenvalue weighted by Gasteiger charge is -2.24. The number of hydrogen-bond acceptors (Lipinski definition) is 2. The van der Waals surface area contributed by atoms with Crippen LogP contribution < -0.4 is 4.72 Å². The topological polar surface area (TPSA) is 49.3 Å². The average molecular weight is 348 g/mol. The largest absolute Gasteiger partial charge is 0.396 e. The molecule has 19 heavy (non-hydrogen) atoms. The van der Waals surface area contributed by atoms with Crippen LogP contribution in [0.2, 0.25) is 0 Å². The third-order valence-electron chi connectivity index (χ3n) is 2.73. The highest BCUT2D eigenvalue weighted by Gasteiger charge is 2.23. The summed E-state index contributed by atoms with van der Waals surface area (Å²) in [5, 5.41) is 8.99. The van der Waals surface area contributed by atoms with Crippen molar-refractivity contribution in [3.63, 3.8) is 0 Å². The molecule has 5 heteroatoms. The predicted octanol–water partition coefficient (Wildman–Crippen LogP) is 3.31. The average Bonchev–Trinajstić information content (AvgIpc) is 2.34. The van der Waals surface area contributed by atoms with Crippen molar-refractivity contribution in [2.24, 2.45) is 0 Å². The van der Waals surface area contributed by atoms with Crippen LogP contribution in [-0.2, 0) is 11.0 Å². The molecule has 0 saturated carbocycles. The minimum atomic E-state index is -1.12. The Morgan fingerprint density at radius 2 is 1.89 bits per heavy atom. The Bertz CT molecular complexity index is 414. The monoisotopic (exact) mass is 347 g/mol. The fourth-order valence-corrected chi connectivity index (χ4v) is 2.72. The maximum atomic E-state index is 12.2. The van der Waals surface area contributed by atoms with Gasteiger partial charge in [0, 0.05) is 17.1 Å². The van der Waals surface area contributed by atoms with Crippen LogP contribution in [0.25, 0.3) is 0 Å². The molecule has 0 spiro atoms. The zero-order chi connectivity index (χ0) is 14.5. The number of nitrogens with one attached hydrogen (secondary N) is 1. The first-order valence-corrected chi connectivity index (χ1v) is 8.33. The summed E-state index contributed by atoms with van der Waals surface area (Å²) in [6.45, 7) is 5.99. The van der Waals surface area contributed by atoms with Gasteiger partial charge in [-0.2, -0.15) is 0 Å². The van der Waals surface area contributed by atoms with Crippen molar-refractivity contribution in [3.05, 3.63) is 34.3 Å². The maximum Gasteiger partial charge on any atom is 0.0975 e. The third kappa shape index (κ3) is 5.73. The van der Waals surface area contributed by atoms with Crippen LogP contribution in [0, 0.1) is 0 Å². The molecule has 2 N–H and O–H groups in total. The maximum absolute atomic E-state index is 12.2. The summed E-state index contributed by atoms with van der Waals surface area (Å²) in [6.07, 6.45) is 1.45. The van der Waals surface area contributed by atoms with E-state index in [1.807, 2.05) is 45.0 Å². The number of benzene rings is 1. The van der Waals surface area contributed by atoms with Crippen LogP contribution >= 0.6 is 15.9 Å². The first kappa shape index (κ1) is 16.8. The molecule has 0 fully saturated rings. The quantitative estimate of drug-likeness (QED) is 0.829. The van der Waals surface area contributed by atoms with Gasteiger partial charge in [0.2, 0.25) is 0 Å². The second-order valence-electron chi connectivity index (χ2n) is 5.47. The van der Waals surface area contributed by atoms with Gasteiger partial charge in [-0.05, 0) is 51.3 Å². The third-order valence-corrected chi connectivity index (χ3v) is 4.87. The second-order valence-corrected chi connectivity index (χ2v) is 8.38. The lowest BCUT2D eigenvalue weighted by Crippen LogP contribution is -2.35. The Kier molecular flexibility index (Phi) is 6.66. The molecule has 0 amide bonds. The van der Waals surface area contributed by atoms with Gasteiger partial charge in [0.05, 0.1) is 15.7 Å². The molecule has 3 nitrogen and oxygen atoms in total. The lowest BCUT2D eigenvalue weighted by molar-refractivity contribution is 0.278. The van der Waals surface area contributed by atoms with Crippen LogP contribution in [-0.4, -0.2) is 20.7 Å². The SMILES string of the molecule is CC(C)(C)[S@@](=O)N[C@@H](CCCO)c1ccc(Br)cc1. The van der Waals surface area contributed by atoms with Gasteiger partial charge in [0.25, 0.3) is 0 Å². The lowest BCUT2D eigenvalue weighted by atomic mass is 10.0. The first-order chi connectivity index (χ1) is 8.84. The Morgan fingerprint density at radius 3 is 2.37 bits per heavy atom.